The van der Waals surface area contributed by atoms with Gasteiger partial charge in [0.2, 0.25) is 0 Å². The largest absolute Gasteiger partial charge is 0.458 e. The molecule has 2 N–H and O–H groups in total. The molecule has 2 heterocycles. The van der Waals surface area contributed by atoms with Gasteiger partial charge in [-0.05, 0) is 82.4 Å². The highest BCUT2D eigenvalue weighted by atomic mass is 16.6. The van der Waals surface area contributed by atoms with Crippen molar-refractivity contribution in [1.29, 1.82) is 0 Å². The number of Topliss-reactive ketones (excluding diaryl/α,β-unsaturated/α-hetero) is 2. The first-order valence-electron chi connectivity index (χ1n) is 17.0. The van der Waals surface area contributed by atoms with Crippen LogP contribution in [0.4, 0.5) is 0 Å². The number of hydrogen-bond acceptors (Lipinski definition) is 8. The van der Waals surface area contributed by atoms with Gasteiger partial charge in [0.05, 0.1) is 5.92 Å². The van der Waals surface area contributed by atoms with E-state index in [-0.39, 0.29) is 18.4 Å². The first kappa shape index (κ1) is 34.3. The molecule has 3 fully saturated rings. The lowest BCUT2D eigenvalue weighted by atomic mass is 9.68. The molecule has 8 heteroatoms. The van der Waals surface area contributed by atoms with Crippen molar-refractivity contribution >= 4 is 23.5 Å². The minimum atomic E-state index is -1.86. The molecule has 2 saturated carbocycles. The molecule has 244 valence electrons. The molecule has 44 heavy (non-hydrogen) atoms. The zero-order valence-electron chi connectivity index (χ0n) is 27.1. The van der Waals surface area contributed by atoms with Crippen LogP contribution in [0.25, 0.3) is 0 Å². The van der Waals surface area contributed by atoms with Crippen molar-refractivity contribution in [2.24, 2.45) is 11.8 Å². The summed E-state index contributed by atoms with van der Waals surface area (Å²) in [6, 6.07) is 0. The Morgan fingerprint density at radius 2 is 1.39 bits per heavy atom. The van der Waals surface area contributed by atoms with Gasteiger partial charge in [0, 0.05) is 0 Å². The van der Waals surface area contributed by atoms with Crippen LogP contribution in [0.2, 0.25) is 0 Å². The number of rotatable bonds is 19. The fourth-order valence-corrected chi connectivity index (χ4v) is 6.86. The first-order valence-corrected chi connectivity index (χ1v) is 17.0. The molecule has 2 aliphatic heterocycles. The quantitative estimate of drug-likeness (QED) is 0.0583. The molecule has 8 nitrogen and oxygen atoms in total. The topological polar surface area (TPSA) is 127 Å². The molecule has 0 aromatic heterocycles. The van der Waals surface area contributed by atoms with Crippen LogP contribution in [0.5, 0.6) is 0 Å². The summed E-state index contributed by atoms with van der Waals surface area (Å²) in [5.41, 5.74) is -4.23. The highest BCUT2D eigenvalue weighted by Gasteiger charge is 2.75. The molecule has 0 amide bonds. The van der Waals surface area contributed by atoms with Crippen LogP contribution in [0.1, 0.15) is 130 Å². The second-order valence-corrected chi connectivity index (χ2v) is 13.6. The summed E-state index contributed by atoms with van der Waals surface area (Å²) in [7, 11) is 0. The van der Waals surface area contributed by atoms with E-state index in [1.165, 1.54) is 12.5 Å². The van der Waals surface area contributed by atoms with Gasteiger partial charge >= 0.3 is 11.9 Å². The van der Waals surface area contributed by atoms with Gasteiger partial charge in [-0.2, -0.15) is 0 Å². The number of ketones is 2. The van der Waals surface area contributed by atoms with Crippen LogP contribution >= 0.6 is 0 Å². The van der Waals surface area contributed by atoms with E-state index in [9.17, 15) is 29.4 Å². The lowest BCUT2D eigenvalue weighted by Crippen LogP contribution is -2.58. The van der Waals surface area contributed by atoms with Crippen molar-refractivity contribution in [3.8, 4) is 0 Å². The van der Waals surface area contributed by atoms with Gasteiger partial charge in [0.25, 0.3) is 0 Å². The normalized spacial score (nSPS) is 28.9. The van der Waals surface area contributed by atoms with Gasteiger partial charge in [-0.1, -0.05) is 77.4 Å². The zero-order valence-corrected chi connectivity index (χ0v) is 27.1. The number of allylic oxidation sites excluding steroid dienone is 4. The van der Waals surface area contributed by atoms with E-state index in [0.717, 1.165) is 57.8 Å². The maximum Gasteiger partial charge on any atom is 0.342 e. The van der Waals surface area contributed by atoms with Gasteiger partial charge in [0.1, 0.15) is 28.8 Å². The molecule has 4 atom stereocenters. The number of hydrogen-bond donors (Lipinski definition) is 2. The summed E-state index contributed by atoms with van der Waals surface area (Å²) in [4.78, 5) is 54.3. The monoisotopic (exact) mass is 612 g/mol. The smallest absolute Gasteiger partial charge is 0.342 e. The van der Waals surface area contributed by atoms with Gasteiger partial charge in [-0.15, -0.1) is 0 Å². The number of carbonyl (C=O) groups is 4. The number of aliphatic hydroxyl groups is 2. The predicted molar refractivity (Wildman–Crippen MR) is 166 cm³/mol. The molecule has 4 aliphatic rings. The highest BCUT2D eigenvalue weighted by molar-refractivity contribution is 6.25. The minimum absolute atomic E-state index is 0.212. The fraction of sp³-hybridized carbons (Fsp3) is 0.722. The number of esters is 2. The van der Waals surface area contributed by atoms with E-state index in [1.807, 2.05) is 12.2 Å². The van der Waals surface area contributed by atoms with Crippen LogP contribution in [0.15, 0.2) is 34.9 Å². The van der Waals surface area contributed by atoms with Crippen molar-refractivity contribution in [3.05, 3.63) is 34.9 Å². The molecule has 0 bridgehead atoms. The van der Waals surface area contributed by atoms with Crippen LogP contribution < -0.4 is 0 Å². The summed E-state index contributed by atoms with van der Waals surface area (Å²) in [6.07, 6.45) is 17.3. The lowest BCUT2D eigenvalue weighted by molar-refractivity contribution is -0.180. The third kappa shape index (κ3) is 7.12. The van der Waals surface area contributed by atoms with Crippen molar-refractivity contribution < 1.29 is 38.9 Å². The van der Waals surface area contributed by atoms with Gasteiger partial charge in [-0.3, -0.25) is 14.4 Å². The third-order valence-electron chi connectivity index (χ3n) is 10.1. The lowest BCUT2D eigenvalue weighted by Gasteiger charge is -2.41. The molecular formula is C36H52O8. The molecule has 1 saturated heterocycles. The molecule has 0 aromatic carbocycles. The Morgan fingerprint density at radius 1 is 0.841 bits per heavy atom. The Morgan fingerprint density at radius 3 is 1.91 bits per heavy atom. The average molecular weight is 613 g/mol. The van der Waals surface area contributed by atoms with Crippen LogP contribution in [0, 0.1) is 11.8 Å². The van der Waals surface area contributed by atoms with E-state index >= 15 is 0 Å². The first-order chi connectivity index (χ1) is 20.9. The summed E-state index contributed by atoms with van der Waals surface area (Å²) in [6.45, 7) is 7.63. The molecule has 2 aliphatic carbocycles. The predicted octanol–water partition coefficient (Wildman–Crippen LogP) is 6.17. The molecule has 0 radical (unpaired) electrons. The van der Waals surface area contributed by atoms with Crippen LogP contribution in [0.3, 0.4) is 0 Å². The van der Waals surface area contributed by atoms with E-state index in [0.29, 0.717) is 36.8 Å². The third-order valence-corrected chi connectivity index (χ3v) is 10.1. The maximum absolute atomic E-state index is 13.9. The average Bonchev–Trinajstić information content (AvgIpc) is 3.87. The van der Waals surface area contributed by atoms with Crippen molar-refractivity contribution in [2.45, 2.75) is 153 Å². The van der Waals surface area contributed by atoms with Crippen molar-refractivity contribution in [2.75, 3.05) is 0 Å². The van der Waals surface area contributed by atoms with Crippen LogP contribution in [-0.4, -0.2) is 56.6 Å². The molecule has 0 spiro atoms. The second-order valence-electron chi connectivity index (χ2n) is 13.6. The fourth-order valence-electron chi connectivity index (χ4n) is 6.86. The summed E-state index contributed by atoms with van der Waals surface area (Å²) in [5, 5.41) is 22.9. The summed E-state index contributed by atoms with van der Waals surface area (Å²) in [5.74, 6) is -5.21. The Kier molecular flexibility index (Phi) is 11.1. The standard InChI is InChI=1S/C36H52O8/c1-5-7-9-11-13-15-17-24(3)29(37)26-23-36(44-32(26)39,35(42)21-22-35)28-27(33(40)43-31(28)34(41)19-20-34)30(38)25(4)18-16-14-12-10-8-6-2/h17-18,23,27-28,31,41-42H,5-16,19-22H2,1-4H3/b24-17+,25-18+/t27-,28+,31-,36-/m0/s1. The van der Waals surface area contributed by atoms with Crippen LogP contribution in [-0.2, 0) is 28.7 Å². The maximum atomic E-state index is 13.9. The van der Waals surface area contributed by atoms with E-state index in [1.54, 1.807) is 13.8 Å². The highest BCUT2D eigenvalue weighted by Crippen LogP contribution is 2.61. The van der Waals surface area contributed by atoms with Gasteiger partial charge in [-0.25, -0.2) is 4.79 Å². The van der Waals surface area contributed by atoms with E-state index < -0.39 is 58.2 Å². The molecule has 4 rings (SSSR count). The number of cyclic esters (lactones) is 2. The van der Waals surface area contributed by atoms with Crippen molar-refractivity contribution in [1.82, 2.24) is 0 Å². The number of unbranched alkanes of at least 4 members (excludes halogenated alkanes) is 10. The molecule has 0 aromatic rings. The Bertz CT molecular complexity index is 1200. The summed E-state index contributed by atoms with van der Waals surface area (Å²) < 4.78 is 11.7. The summed E-state index contributed by atoms with van der Waals surface area (Å²) >= 11 is 0. The Hall–Kier alpha value is -2.58. The number of carbonyl (C=O) groups excluding carboxylic acids is 4. The zero-order chi connectivity index (χ0) is 32.1. The molecular weight excluding hydrogens is 560 g/mol. The Labute approximate surface area is 262 Å². The Balaban J connectivity index is 1.63. The number of ether oxygens (including phenoxy) is 2. The van der Waals surface area contributed by atoms with Gasteiger partial charge < -0.3 is 19.7 Å². The SMILES string of the molecule is CCCCCCC/C=C(\C)C(=O)C1=C[C@]([C@@H]2[C@@H](C(=O)/C(C)=C/CCCCCCC)C(=O)O[C@@H]2C2(O)CC2)(C2(O)CC2)OC1=O. The molecule has 0 unspecified atom stereocenters. The van der Waals surface area contributed by atoms with Gasteiger partial charge in [0.15, 0.2) is 17.2 Å². The van der Waals surface area contributed by atoms with Crippen molar-refractivity contribution in [3.63, 3.8) is 0 Å². The van der Waals surface area contributed by atoms with E-state index in [2.05, 4.69) is 13.8 Å². The van der Waals surface area contributed by atoms with E-state index in [4.69, 9.17) is 9.47 Å². The second kappa shape index (κ2) is 14.2. The minimum Gasteiger partial charge on any atom is -0.458 e.